The third-order valence-electron chi connectivity index (χ3n) is 3.18. The Bertz CT molecular complexity index is 190. The molecule has 3 heteroatoms. The van der Waals surface area contributed by atoms with Gasteiger partial charge in [-0.15, -0.1) is 0 Å². The minimum atomic E-state index is -0.726. The summed E-state index contributed by atoms with van der Waals surface area (Å²) in [4.78, 5) is 10.6. The number of hydrogen-bond donors (Lipinski definition) is 2. The number of aliphatic hydroxyl groups is 1. The molecule has 0 radical (unpaired) electrons. The first-order chi connectivity index (χ1) is 5.20. The molecule has 2 aliphatic carbocycles. The molecular weight excluding hydrogens is 144 g/mol. The molecule has 2 rings (SSSR count). The summed E-state index contributed by atoms with van der Waals surface area (Å²) in [5.74, 6) is -0.654. The number of carboxylic acids is 1. The van der Waals surface area contributed by atoms with Crippen molar-refractivity contribution in [1.82, 2.24) is 0 Å². The summed E-state index contributed by atoms with van der Waals surface area (Å²) in [7, 11) is 0. The topological polar surface area (TPSA) is 57.5 Å². The molecule has 0 saturated heterocycles. The van der Waals surface area contributed by atoms with Gasteiger partial charge in [-0.2, -0.15) is 0 Å². The number of carboxylic acid groups (broad SMARTS) is 1. The Kier molecular flexibility index (Phi) is 1.42. The quantitative estimate of drug-likeness (QED) is 0.580. The van der Waals surface area contributed by atoms with E-state index in [1.165, 1.54) is 0 Å². The molecule has 11 heavy (non-hydrogen) atoms. The van der Waals surface area contributed by atoms with Gasteiger partial charge in [0.05, 0.1) is 12.0 Å². The second kappa shape index (κ2) is 2.21. The summed E-state index contributed by atoms with van der Waals surface area (Å²) in [6, 6.07) is 0. The van der Waals surface area contributed by atoms with Crippen molar-refractivity contribution in [2.45, 2.75) is 25.4 Å². The van der Waals surface area contributed by atoms with Crippen LogP contribution in [0.25, 0.3) is 0 Å². The van der Waals surface area contributed by atoms with E-state index in [1.54, 1.807) is 0 Å². The van der Waals surface area contributed by atoms with Crippen molar-refractivity contribution in [3.8, 4) is 0 Å². The summed E-state index contributed by atoms with van der Waals surface area (Å²) in [5.41, 5.74) is 0. The average molecular weight is 156 g/mol. The van der Waals surface area contributed by atoms with Gasteiger partial charge in [-0.1, -0.05) is 0 Å². The van der Waals surface area contributed by atoms with Crippen molar-refractivity contribution in [2.75, 3.05) is 0 Å². The molecule has 2 fully saturated rings. The van der Waals surface area contributed by atoms with Crippen LogP contribution in [0.15, 0.2) is 0 Å². The smallest absolute Gasteiger partial charge is 0.306 e. The standard InChI is InChI=1S/C8H12O3/c9-7-4-1-2-5(7)6(3-4)8(10)11/h4-7,9H,1-3H2,(H,10,11). The molecule has 0 aromatic rings. The number of aliphatic hydroxyl groups excluding tert-OH is 1. The van der Waals surface area contributed by atoms with Crippen molar-refractivity contribution in [1.29, 1.82) is 0 Å². The molecular formula is C8H12O3. The van der Waals surface area contributed by atoms with Gasteiger partial charge in [0.15, 0.2) is 0 Å². The van der Waals surface area contributed by atoms with Gasteiger partial charge in [-0.25, -0.2) is 0 Å². The molecule has 2 aliphatic rings. The van der Waals surface area contributed by atoms with Gasteiger partial charge in [0.25, 0.3) is 0 Å². The maximum absolute atomic E-state index is 10.6. The highest BCUT2D eigenvalue weighted by atomic mass is 16.4. The maximum atomic E-state index is 10.6. The molecule has 4 unspecified atom stereocenters. The zero-order valence-electron chi connectivity index (χ0n) is 6.23. The van der Waals surface area contributed by atoms with Crippen molar-refractivity contribution in [2.24, 2.45) is 17.8 Å². The molecule has 0 heterocycles. The zero-order valence-corrected chi connectivity index (χ0v) is 6.23. The number of rotatable bonds is 1. The van der Waals surface area contributed by atoms with Crippen LogP contribution >= 0.6 is 0 Å². The van der Waals surface area contributed by atoms with E-state index >= 15 is 0 Å². The van der Waals surface area contributed by atoms with Crippen LogP contribution < -0.4 is 0 Å². The number of aliphatic carboxylic acids is 1. The lowest BCUT2D eigenvalue weighted by molar-refractivity contribution is -0.143. The molecule has 2 saturated carbocycles. The van der Waals surface area contributed by atoms with E-state index < -0.39 is 5.97 Å². The Morgan fingerprint density at radius 2 is 2.09 bits per heavy atom. The minimum absolute atomic E-state index is 0.0532. The van der Waals surface area contributed by atoms with Gasteiger partial charge >= 0.3 is 5.97 Å². The first-order valence-corrected chi connectivity index (χ1v) is 4.11. The van der Waals surface area contributed by atoms with E-state index in [0.717, 1.165) is 12.8 Å². The van der Waals surface area contributed by atoms with Crippen LogP contribution in [0.4, 0.5) is 0 Å². The molecule has 0 spiro atoms. The van der Waals surface area contributed by atoms with Crippen LogP contribution in [0.5, 0.6) is 0 Å². The summed E-state index contributed by atoms with van der Waals surface area (Å²) < 4.78 is 0. The molecule has 62 valence electrons. The van der Waals surface area contributed by atoms with Crippen LogP contribution in [0.3, 0.4) is 0 Å². The number of carbonyl (C=O) groups is 1. The summed E-state index contributed by atoms with van der Waals surface area (Å²) >= 11 is 0. The largest absolute Gasteiger partial charge is 0.481 e. The molecule has 0 amide bonds. The second-order valence-corrected chi connectivity index (χ2v) is 3.67. The number of fused-ring (bicyclic) bond motifs is 2. The van der Waals surface area contributed by atoms with Crippen molar-refractivity contribution in [3.05, 3.63) is 0 Å². The summed E-state index contributed by atoms with van der Waals surface area (Å²) in [6.07, 6.45) is 2.30. The Hall–Kier alpha value is -0.570. The average Bonchev–Trinajstić information content (AvgIpc) is 2.46. The SMILES string of the molecule is O=C(O)C1CC2CCC1C2O. The number of hydrogen-bond acceptors (Lipinski definition) is 2. The Morgan fingerprint density at radius 3 is 2.36 bits per heavy atom. The van der Waals surface area contributed by atoms with E-state index in [1.807, 2.05) is 0 Å². The fraction of sp³-hybridized carbons (Fsp3) is 0.875. The van der Waals surface area contributed by atoms with Crippen molar-refractivity contribution in [3.63, 3.8) is 0 Å². The van der Waals surface area contributed by atoms with E-state index in [4.69, 9.17) is 5.11 Å². The molecule has 2 N–H and O–H groups in total. The monoisotopic (exact) mass is 156 g/mol. The Labute approximate surface area is 65.0 Å². The fourth-order valence-corrected chi connectivity index (χ4v) is 2.58. The predicted molar refractivity (Wildman–Crippen MR) is 38.0 cm³/mol. The summed E-state index contributed by atoms with van der Waals surface area (Å²) in [6.45, 7) is 0. The third kappa shape index (κ3) is 0.872. The third-order valence-corrected chi connectivity index (χ3v) is 3.18. The predicted octanol–water partition coefficient (Wildman–Crippen LogP) is 0.478. The van der Waals surface area contributed by atoms with Gasteiger partial charge in [0, 0.05) is 0 Å². The summed E-state index contributed by atoms with van der Waals surface area (Å²) in [5, 5.41) is 18.2. The van der Waals surface area contributed by atoms with Gasteiger partial charge in [0.2, 0.25) is 0 Å². The van der Waals surface area contributed by atoms with Gasteiger partial charge in [-0.05, 0) is 31.1 Å². The highest BCUT2D eigenvalue weighted by Gasteiger charge is 2.49. The van der Waals surface area contributed by atoms with Gasteiger partial charge in [-0.3, -0.25) is 4.79 Å². The van der Waals surface area contributed by atoms with Crippen molar-refractivity contribution >= 4 is 5.97 Å². The van der Waals surface area contributed by atoms with Gasteiger partial charge < -0.3 is 10.2 Å². The lowest BCUT2D eigenvalue weighted by atomic mass is 9.89. The molecule has 0 aliphatic heterocycles. The first kappa shape index (κ1) is 7.10. The maximum Gasteiger partial charge on any atom is 0.306 e. The first-order valence-electron chi connectivity index (χ1n) is 4.11. The van der Waals surface area contributed by atoms with Crippen LogP contribution in [0.2, 0.25) is 0 Å². The Balaban J connectivity index is 2.14. The Morgan fingerprint density at radius 1 is 1.36 bits per heavy atom. The minimum Gasteiger partial charge on any atom is -0.481 e. The van der Waals surface area contributed by atoms with Crippen LogP contribution in [-0.4, -0.2) is 22.3 Å². The highest BCUT2D eigenvalue weighted by Crippen LogP contribution is 2.48. The molecule has 4 atom stereocenters. The molecule has 0 aromatic heterocycles. The van der Waals surface area contributed by atoms with E-state index in [0.29, 0.717) is 6.42 Å². The van der Waals surface area contributed by atoms with E-state index in [2.05, 4.69) is 0 Å². The highest BCUT2D eigenvalue weighted by molar-refractivity contribution is 5.71. The van der Waals surface area contributed by atoms with Gasteiger partial charge in [0.1, 0.15) is 0 Å². The molecule has 3 nitrogen and oxygen atoms in total. The van der Waals surface area contributed by atoms with Crippen LogP contribution in [-0.2, 0) is 4.79 Å². The van der Waals surface area contributed by atoms with Crippen LogP contribution in [0.1, 0.15) is 19.3 Å². The lowest BCUT2D eigenvalue weighted by Gasteiger charge is -2.15. The lowest BCUT2D eigenvalue weighted by Crippen LogP contribution is -2.22. The molecule has 2 bridgehead atoms. The second-order valence-electron chi connectivity index (χ2n) is 3.67. The normalized spacial score (nSPS) is 48.1. The van der Waals surface area contributed by atoms with Crippen molar-refractivity contribution < 1.29 is 15.0 Å². The molecule has 0 aromatic carbocycles. The van der Waals surface area contributed by atoms with Crippen LogP contribution in [0, 0.1) is 17.8 Å². The fourth-order valence-electron chi connectivity index (χ4n) is 2.58. The van der Waals surface area contributed by atoms with E-state index in [-0.39, 0.29) is 23.9 Å². The van der Waals surface area contributed by atoms with E-state index in [9.17, 15) is 9.90 Å². The zero-order chi connectivity index (χ0) is 8.01.